The van der Waals surface area contributed by atoms with Crippen LogP contribution in [-0.2, 0) is 26.4 Å². The lowest BCUT2D eigenvalue weighted by Gasteiger charge is -2.40. The molecule has 0 bridgehead atoms. The third-order valence-corrected chi connectivity index (χ3v) is 5.91. The normalized spacial score (nSPS) is 22.2. The van der Waals surface area contributed by atoms with E-state index in [1.807, 2.05) is 12.4 Å². The summed E-state index contributed by atoms with van der Waals surface area (Å²) in [5.41, 5.74) is 3.12. The molecule has 1 unspecified atom stereocenters. The smallest absolute Gasteiger partial charge is 0.122 e. The van der Waals surface area contributed by atoms with Crippen LogP contribution in [0.2, 0.25) is 0 Å². The highest BCUT2D eigenvalue weighted by Crippen LogP contribution is 2.28. The first-order chi connectivity index (χ1) is 11.7. The maximum absolute atomic E-state index is 4.48. The molecule has 1 fully saturated rings. The highest BCUT2D eigenvalue weighted by Gasteiger charge is 2.31. The van der Waals surface area contributed by atoms with E-state index in [1.54, 1.807) is 11.1 Å². The van der Waals surface area contributed by atoms with Gasteiger partial charge in [-0.25, -0.2) is 4.98 Å². The predicted octanol–water partition coefficient (Wildman–Crippen LogP) is 2.48. The standard InChI is InChI=1S/C20H28N4/c1-22-11-9-21-20(22)15-23(2)18-8-5-10-24(14-18)19-12-16-6-3-4-7-17(16)13-19/h3-4,6-7,9,11,18-19H,5,8,10,12-15H2,1-2H3. The topological polar surface area (TPSA) is 24.3 Å². The zero-order valence-corrected chi connectivity index (χ0v) is 14.9. The summed E-state index contributed by atoms with van der Waals surface area (Å²) in [5.74, 6) is 1.16. The zero-order chi connectivity index (χ0) is 16.5. The molecule has 0 N–H and O–H groups in total. The average Bonchev–Trinajstić information content (AvgIpc) is 3.21. The Hall–Kier alpha value is -1.65. The molecule has 128 valence electrons. The molecule has 2 aromatic rings. The second-order valence-electron chi connectivity index (χ2n) is 7.49. The first kappa shape index (κ1) is 15.9. The van der Waals surface area contributed by atoms with Crippen molar-refractivity contribution >= 4 is 0 Å². The number of likely N-dealkylation sites (tertiary alicyclic amines) is 1. The summed E-state index contributed by atoms with van der Waals surface area (Å²) < 4.78 is 2.13. The maximum Gasteiger partial charge on any atom is 0.122 e. The van der Waals surface area contributed by atoms with Crippen molar-refractivity contribution in [2.75, 3.05) is 20.1 Å². The molecule has 2 heterocycles. The van der Waals surface area contributed by atoms with Crippen molar-refractivity contribution in [2.24, 2.45) is 7.05 Å². The molecule has 0 amide bonds. The summed E-state index contributed by atoms with van der Waals surface area (Å²) in [6.07, 6.45) is 9.00. The largest absolute Gasteiger partial charge is 0.337 e. The number of likely N-dealkylation sites (N-methyl/N-ethyl adjacent to an activating group) is 1. The van der Waals surface area contributed by atoms with Crippen LogP contribution < -0.4 is 0 Å². The van der Waals surface area contributed by atoms with Crippen LogP contribution in [0.5, 0.6) is 0 Å². The van der Waals surface area contributed by atoms with Gasteiger partial charge in [0.2, 0.25) is 0 Å². The van der Waals surface area contributed by atoms with Gasteiger partial charge in [0.25, 0.3) is 0 Å². The lowest BCUT2D eigenvalue weighted by molar-refractivity contribution is 0.0819. The van der Waals surface area contributed by atoms with Crippen LogP contribution in [0.4, 0.5) is 0 Å². The van der Waals surface area contributed by atoms with Crippen molar-refractivity contribution in [2.45, 2.75) is 44.3 Å². The quantitative estimate of drug-likeness (QED) is 0.863. The monoisotopic (exact) mass is 324 g/mol. The molecular formula is C20H28N4. The maximum atomic E-state index is 4.48. The van der Waals surface area contributed by atoms with Gasteiger partial charge in [0.05, 0.1) is 6.54 Å². The second kappa shape index (κ2) is 6.69. The van der Waals surface area contributed by atoms with Gasteiger partial charge in [-0.3, -0.25) is 9.80 Å². The molecule has 4 nitrogen and oxygen atoms in total. The summed E-state index contributed by atoms with van der Waals surface area (Å²) in [7, 11) is 4.34. The lowest BCUT2D eigenvalue weighted by Crippen LogP contribution is -2.50. The number of aromatic nitrogens is 2. The van der Waals surface area contributed by atoms with Crippen LogP contribution in [-0.4, -0.2) is 51.6 Å². The van der Waals surface area contributed by atoms with Crippen molar-refractivity contribution in [1.29, 1.82) is 0 Å². The van der Waals surface area contributed by atoms with E-state index in [2.05, 4.69) is 57.7 Å². The van der Waals surface area contributed by atoms with Gasteiger partial charge in [-0.2, -0.15) is 0 Å². The van der Waals surface area contributed by atoms with Gasteiger partial charge in [-0.1, -0.05) is 24.3 Å². The summed E-state index contributed by atoms with van der Waals surface area (Å²) in [6, 6.07) is 10.3. The molecule has 0 radical (unpaired) electrons. The molecule has 0 spiro atoms. The average molecular weight is 324 g/mol. The summed E-state index contributed by atoms with van der Waals surface area (Å²) in [6.45, 7) is 3.39. The first-order valence-corrected chi connectivity index (χ1v) is 9.18. The van der Waals surface area contributed by atoms with E-state index in [-0.39, 0.29) is 0 Å². The minimum atomic E-state index is 0.638. The molecule has 1 aliphatic carbocycles. The number of hydrogen-bond acceptors (Lipinski definition) is 3. The third kappa shape index (κ3) is 3.13. The van der Waals surface area contributed by atoms with E-state index in [4.69, 9.17) is 0 Å². The molecule has 0 saturated carbocycles. The van der Waals surface area contributed by atoms with E-state index >= 15 is 0 Å². The van der Waals surface area contributed by atoms with Gasteiger partial charge in [0, 0.05) is 38.1 Å². The van der Waals surface area contributed by atoms with Crippen LogP contribution >= 0.6 is 0 Å². The van der Waals surface area contributed by atoms with Gasteiger partial charge >= 0.3 is 0 Å². The second-order valence-corrected chi connectivity index (χ2v) is 7.49. The van der Waals surface area contributed by atoms with E-state index in [0.717, 1.165) is 12.4 Å². The molecule has 1 aliphatic heterocycles. The number of benzene rings is 1. The molecule has 4 rings (SSSR count). The van der Waals surface area contributed by atoms with Crippen molar-refractivity contribution < 1.29 is 0 Å². The molecule has 2 aliphatic rings. The molecule has 1 aromatic carbocycles. The van der Waals surface area contributed by atoms with E-state index in [0.29, 0.717) is 12.1 Å². The molecule has 1 atom stereocenters. The number of fused-ring (bicyclic) bond motifs is 1. The summed E-state index contributed by atoms with van der Waals surface area (Å²) in [5, 5.41) is 0. The highest BCUT2D eigenvalue weighted by atomic mass is 15.2. The van der Waals surface area contributed by atoms with Crippen LogP contribution in [0.15, 0.2) is 36.7 Å². The lowest BCUT2D eigenvalue weighted by atomic mass is 10.0. The van der Waals surface area contributed by atoms with Gasteiger partial charge in [0.15, 0.2) is 0 Å². The van der Waals surface area contributed by atoms with Crippen LogP contribution in [0.25, 0.3) is 0 Å². The van der Waals surface area contributed by atoms with Gasteiger partial charge in [-0.15, -0.1) is 0 Å². The van der Waals surface area contributed by atoms with E-state index in [1.165, 1.54) is 38.8 Å². The fourth-order valence-electron chi connectivity index (χ4n) is 4.37. The highest BCUT2D eigenvalue weighted by molar-refractivity contribution is 5.33. The van der Waals surface area contributed by atoms with Crippen molar-refractivity contribution in [3.8, 4) is 0 Å². The predicted molar refractivity (Wildman–Crippen MR) is 96.9 cm³/mol. The Morgan fingerprint density at radius 3 is 2.62 bits per heavy atom. The van der Waals surface area contributed by atoms with Gasteiger partial charge < -0.3 is 4.57 Å². The third-order valence-electron chi connectivity index (χ3n) is 5.91. The Balaban J connectivity index is 1.38. The summed E-state index contributed by atoms with van der Waals surface area (Å²) in [4.78, 5) is 9.72. The number of hydrogen-bond donors (Lipinski definition) is 0. The first-order valence-electron chi connectivity index (χ1n) is 9.18. The number of nitrogens with zero attached hydrogens (tertiary/aromatic N) is 4. The van der Waals surface area contributed by atoms with Crippen molar-refractivity contribution in [1.82, 2.24) is 19.4 Å². The Morgan fingerprint density at radius 1 is 1.21 bits per heavy atom. The Kier molecular flexibility index (Phi) is 4.42. The van der Waals surface area contributed by atoms with Crippen LogP contribution in [0.1, 0.15) is 29.8 Å². The Labute approximate surface area is 145 Å². The molecule has 24 heavy (non-hydrogen) atoms. The van der Waals surface area contributed by atoms with E-state index < -0.39 is 0 Å². The number of rotatable bonds is 4. The minimum absolute atomic E-state index is 0.638. The molecule has 4 heteroatoms. The van der Waals surface area contributed by atoms with E-state index in [9.17, 15) is 0 Å². The Bertz CT molecular complexity index is 667. The van der Waals surface area contributed by atoms with Crippen molar-refractivity contribution in [3.63, 3.8) is 0 Å². The van der Waals surface area contributed by atoms with Gasteiger partial charge in [0.1, 0.15) is 5.82 Å². The van der Waals surface area contributed by atoms with Crippen LogP contribution in [0, 0.1) is 0 Å². The van der Waals surface area contributed by atoms with Gasteiger partial charge in [-0.05, 0) is 50.4 Å². The number of piperidine rings is 1. The fourth-order valence-corrected chi connectivity index (χ4v) is 4.37. The molecule has 1 saturated heterocycles. The van der Waals surface area contributed by atoms with Crippen LogP contribution in [0.3, 0.4) is 0 Å². The Morgan fingerprint density at radius 2 is 1.96 bits per heavy atom. The number of aryl methyl sites for hydroxylation is 1. The number of imidazole rings is 1. The fraction of sp³-hybridized carbons (Fsp3) is 0.550. The molecular weight excluding hydrogens is 296 g/mol. The zero-order valence-electron chi connectivity index (χ0n) is 14.9. The van der Waals surface area contributed by atoms with Crippen molar-refractivity contribution in [3.05, 3.63) is 53.6 Å². The minimum Gasteiger partial charge on any atom is -0.337 e. The summed E-state index contributed by atoms with van der Waals surface area (Å²) >= 11 is 0. The SMILES string of the molecule is CN(Cc1nccn1C)C1CCCN(C2Cc3ccccc3C2)C1. The molecule has 1 aromatic heterocycles.